The Balaban J connectivity index is 2.17. The van der Waals surface area contributed by atoms with Crippen molar-refractivity contribution < 1.29 is 35.9 Å². The van der Waals surface area contributed by atoms with Crippen molar-refractivity contribution in [1.82, 2.24) is 0 Å². The highest BCUT2D eigenvalue weighted by Crippen LogP contribution is 2.40. The summed E-state index contributed by atoms with van der Waals surface area (Å²) in [6.45, 7) is 0. The normalized spacial score (nSPS) is 11.8. The predicted molar refractivity (Wildman–Crippen MR) is 117 cm³/mol. The number of sulfone groups is 1. The zero-order valence-electron chi connectivity index (χ0n) is 17.4. The Morgan fingerprint density at radius 1 is 0.970 bits per heavy atom. The molecule has 0 N–H and O–H groups in total. The highest BCUT2D eigenvalue weighted by molar-refractivity contribution is 7.90. The number of methoxy groups -OCH3 is 2. The summed E-state index contributed by atoms with van der Waals surface area (Å²) in [7, 11) is -2.20. The number of carbonyl (C=O) groups excluding carboxylic acids is 1. The third-order valence-corrected chi connectivity index (χ3v) is 6.78. The molecule has 0 unspecified atom stereocenters. The number of esters is 1. The summed E-state index contributed by atoms with van der Waals surface area (Å²) in [4.78, 5) is 11.5. The highest BCUT2D eigenvalue weighted by Gasteiger charge is 2.35. The fraction of sp³-hybridized carbons (Fsp3) is 0.174. The fourth-order valence-corrected chi connectivity index (χ4v) is 5.21. The molecule has 3 aromatic carbocycles. The molecule has 0 radical (unpaired) electrons. The van der Waals surface area contributed by atoms with Gasteiger partial charge in [-0.25, -0.2) is 13.2 Å². The molecule has 0 bridgehead atoms. The quantitative estimate of drug-likeness (QED) is 0.402. The summed E-state index contributed by atoms with van der Waals surface area (Å²) in [6, 6.07) is 14.6. The number of ether oxygens (including phenoxy) is 2. The van der Waals surface area contributed by atoms with Gasteiger partial charge in [-0.2, -0.15) is 13.2 Å². The second kappa shape index (κ2) is 9.44. The van der Waals surface area contributed by atoms with Crippen LogP contribution in [0.5, 0.6) is 5.75 Å². The number of alkyl halides is 3. The van der Waals surface area contributed by atoms with Gasteiger partial charge in [0.05, 0.1) is 36.1 Å². The molecule has 0 atom stereocenters. The summed E-state index contributed by atoms with van der Waals surface area (Å²) in [5.41, 5.74) is 0.157. The van der Waals surface area contributed by atoms with Crippen molar-refractivity contribution in [2.24, 2.45) is 0 Å². The molecule has 3 rings (SSSR count). The molecule has 0 heterocycles. The van der Waals surface area contributed by atoms with Crippen LogP contribution in [0, 0.1) is 0 Å². The van der Waals surface area contributed by atoms with Gasteiger partial charge in [0.2, 0.25) is 0 Å². The summed E-state index contributed by atoms with van der Waals surface area (Å²) in [5, 5.41) is -0.503. The van der Waals surface area contributed by atoms with E-state index >= 15 is 0 Å². The Morgan fingerprint density at radius 2 is 1.64 bits per heavy atom. The van der Waals surface area contributed by atoms with E-state index in [1.165, 1.54) is 12.1 Å². The van der Waals surface area contributed by atoms with Crippen molar-refractivity contribution in [3.63, 3.8) is 0 Å². The number of rotatable bonds is 6. The summed E-state index contributed by atoms with van der Waals surface area (Å²) in [6.07, 6.45) is -4.83. The Morgan fingerprint density at radius 3 is 2.21 bits per heavy atom. The molecule has 174 valence electrons. The second-order valence-corrected chi connectivity index (χ2v) is 9.34. The van der Waals surface area contributed by atoms with Gasteiger partial charge >= 0.3 is 12.1 Å². The summed E-state index contributed by atoms with van der Waals surface area (Å²) in [5.74, 6) is -1.98. The van der Waals surface area contributed by atoms with Crippen LogP contribution in [-0.2, 0) is 26.5 Å². The van der Waals surface area contributed by atoms with Gasteiger partial charge in [0, 0.05) is 0 Å². The lowest BCUT2D eigenvalue weighted by molar-refractivity contribution is -0.137. The third kappa shape index (κ3) is 5.31. The maximum Gasteiger partial charge on any atom is 0.416 e. The lowest BCUT2D eigenvalue weighted by Gasteiger charge is -2.16. The van der Waals surface area contributed by atoms with Crippen LogP contribution in [0.1, 0.15) is 21.5 Å². The first-order valence-corrected chi connectivity index (χ1v) is 11.4. The van der Waals surface area contributed by atoms with Crippen molar-refractivity contribution in [2.45, 2.75) is 16.8 Å². The van der Waals surface area contributed by atoms with Gasteiger partial charge in [-0.3, -0.25) is 0 Å². The van der Waals surface area contributed by atoms with Gasteiger partial charge in [0.15, 0.2) is 15.6 Å². The molecule has 5 nitrogen and oxygen atoms in total. The maximum absolute atomic E-state index is 13.3. The smallest absolute Gasteiger partial charge is 0.416 e. The van der Waals surface area contributed by atoms with E-state index in [1.807, 2.05) is 0 Å². The Labute approximate surface area is 193 Å². The standard InChI is InChI=1S/C23H18ClF3O5S/c1-31-21-19(24)11-17(23(25,26)27)12-20(21)33(29,30)13-16-10-15(14-6-4-3-5-7-14)8-9-18(16)22(28)32-2/h3-12H,13H2,1-2H3. The molecule has 0 aliphatic rings. The SMILES string of the molecule is COC(=O)c1ccc(-c2ccccc2)cc1CS(=O)(=O)c1cc(C(F)(F)F)cc(Cl)c1OC. The lowest BCUT2D eigenvalue weighted by Crippen LogP contribution is -2.14. The van der Waals surface area contributed by atoms with Crippen LogP contribution >= 0.6 is 11.6 Å². The Kier molecular flexibility index (Phi) is 7.04. The zero-order valence-corrected chi connectivity index (χ0v) is 19.0. The molecule has 33 heavy (non-hydrogen) atoms. The average Bonchev–Trinajstić information content (AvgIpc) is 2.77. The van der Waals surface area contributed by atoms with Gasteiger partial charge in [0.25, 0.3) is 0 Å². The average molecular weight is 499 g/mol. The molecule has 0 aromatic heterocycles. The second-order valence-electron chi connectivity index (χ2n) is 6.98. The largest absolute Gasteiger partial charge is 0.494 e. The van der Waals surface area contributed by atoms with Gasteiger partial charge < -0.3 is 9.47 Å². The van der Waals surface area contributed by atoms with E-state index in [2.05, 4.69) is 0 Å². The minimum atomic E-state index is -4.83. The molecule has 0 aliphatic heterocycles. The number of halogens is 4. The van der Waals surface area contributed by atoms with Crippen LogP contribution in [0.2, 0.25) is 5.02 Å². The Hall–Kier alpha value is -3.04. The van der Waals surface area contributed by atoms with Crippen LogP contribution in [0.15, 0.2) is 65.6 Å². The molecular formula is C23H18ClF3O5S. The van der Waals surface area contributed by atoms with Gasteiger partial charge in [-0.05, 0) is 41.0 Å². The topological polar surface area (TPSA) is 69.7 Å². The highest BCUT2D eigenvalue weighted by atomic mass is 35.5. The van der Waals surface area contributed by atoms with Crippen LogP contribution in [0.25, 0.3) is 11.1 Å². The molecule has 0 aliphatic carbocycles. The van der Waals surface area contributed by atoms with Gasteiger partial charge in [-0.1, -0.05) is 48.0 Å². The van der Waals surface area contributed by atoms with Crippen molar-refractivity contribution in [1.29, 1.82) is 0 Å². The minimum Gasteiger partial charge on any atom is -0.494 e. The van der Waals surface area contributed by atoms with E-state index in [4.69, 9.17) is 21.1 Å². The molecule has 10 heteroatoms. The van der Waals surface area contributed by atoms with Crippen LogP contribution in [0.3, 0.4) is 0 Å². The zero-order chi connectivity index (χ0) is 24.4. The molecular weight excluding hydrogens is 481 g/mol. The molecule has 0 saturated heterocycles. The van der Waals surface area contributed by atoms with Gasteiger partial charge in [-0.15, -0.1) is 0 Å². The fourth-order valence-electron chi connectivity index (χ4n) is 3.28. The van der Waals surface area contributed by atoms with E-state index in [9.17, 15) is 26.4 Å². The van der Waals surface area contributed by atoms with Crippen LogP contribution in [-0.4, -0.2) is 28.6 Å². The minimum absolute atomic E-state index is 0.0298. The molecule has 0 saturated carbocycles. The first-order chi connectivity index (χ1) is 15.5. The number of hydrogen-bond acceptors (Lipinski definition) is 5. The van der Waals surface area contributed by atoms with Crippen LogP contribution in [0.4, 0.5) is 13.2 Å². The van der Waals surface area contributed by atoms with Crippen LogP contribution < -0.4 is 4.74 Å². The van der Waals surface area contributed by atoms with E-state index < -0.39 is 49.0 Å². The van der Waals surface area contributed by atoms with E-state index in [0.29, 0.717) is 17.7 Å². The van der Waals surface area contributed by atoms with Crippen molar-refractivity contribution in [3.05, 3.63) is 82.4 Å². The number of carbonyl (C=O) groups is 1. The first-order valence-electron chi connectivity index (χ1n) is 9.42. The number of benzene rings is 3. The van der Waals surface area contributed by atoms with Crippen molar-refractivity contribution in [2.75, 3.05) is 14.2 Å². The monoisotopic (exact) mass is 498 g/mol. The lowest BCUT2D eigenvalue weighted by atomic mass is 10.00. The molecule has 0 amide bonds. The molecule has 0 fully saturated rings. The Bertz CT molecular complexity index is 1290. The van der Waals surface area contributed by atoms with E-state index in [0.717, 1.165) is 19.8 Å². The third-order valence-electron chi connectivity index (χ3n) is 4.84. The predicted octanol–water partition coefficient (Wildman–Crippen LogP) is 5.79. The first kappa shape index (κ1) is 24.6. The van der Waals surface area contributed by atoms with Crippen molar-refractivity contribution in [3.8, 4) is 16.9 Å². The van der Waals surface area contributed by atoms with Crippen molar-refractivity contribution >= 4 is 27.4 Å². The summed E-state index contributed by atoms with van der Waals surface area (Å²) >= 11 is 5.90. The van der Waals surface area contributed by atoms with E-state index in [-0.39, 0.29) is 11.1 Å². The molecule has 0 spiro atoms. The van der Waals surface area contributed by atoms with Gasteiger partial charge in [0.1, 0.15) is 4.90 Å². The summed E-state index contributed by atoms with van der Waals surface area (Å²) < 4.78 is 76.2. The maximum atomic E-state index is 13.3. The number of hydrogen-bond donors (Lipinski definition) is 0. The van der Waals surface area contributed by atoms with E-state index in [1.54, 1.807) is 36.4 Å². The molecule has 3 aromatic rings.